The van der Waals surface area contributed by atoms with Gasteiger partial charge < -0.3 is 4.74 Å². The number of hydrogen-bond donors (Lipinski definition) is 0. The zero-order valence-corrected chi connectivity index (χ0v) is 10.8. The van der Waals surface area contributed by atoms with E-state index in [0.29, 0.717) is 17.0 Å². The molecule has 0 aliphatic heterocycles. The molecule has 0 saturated carbocycles. The quantitative estimate of drug-likeness (QED) is 0.729. The molecule has 8 heteroatoms. The molecule has 0 amide bonds. The standard InChI is InChI=1S/C13H9F3N4O/c1-21-9-4-2-8(3-5-9)10-6-7-17-12-18-11(13(14,15)16)19-20(10)12/h2-7H,1H3. The summed E-state index contributed by atoms with van der Waals surface area (Å²) >= 11 is 0. The smallest absolute Gasteiger partial charge is 0.453 e. The molecule has 0 spiro atoms. The van der Waals surface area contributed by atoms with E-state index in [1.54, 1.807) is 30.3 Å². The molecule has 0 saturated heterocycles. The Labute approximate surface area is 117 Å². The van der Waals surface area contributed by atoms with Crippen molar-refractivity contribution in [1.29, 1.82) is 0 Å². The molecular weight excluding hydrogens is 285 g/mol. The van der Waals surface area contributed by atoms with Gasteiger partial charge in [-0.25, -0.2) is 4.98 Å². The number of ether oxygens (including phenoxy) is 1. The summed E-state index contributed by atoms with van der Waals surface area (Å²) in [4.78, 5) is 7.19. The van der Waals surface area contributed by atoms with Gasteiger partial charge in [-0.2, -0.15) is 22.7 Å². The average Bonchev–Trinajstić information content (AvgIpc) is 2.91. The first-order valence-electron chi connectivity index (χ1n) is 5.92. The molecule has 0 aliphatic carbocycles. The molecule has 0 atom stereocenters. The van der Waals surface area contributed by atoms with Crippen LogP contribution in [0.3, 0.4) is 0 Å². The Hall–Kier alpha value is -2.64. The Morgan fingerprint density at radius 2 is 1.81 bits per heavy atom. The maximum atomic E-state index is 12.7. The predicted molar refractivity (Wildman–Crippen MR) is 67.8 cm³/mol. The number of fused-ring (bicyclic) bond motifs is 1. The summed E-state index contributed by atoms with van der Waals surface area (Å²) in [5.74, 6) is -0.662. The van der Waals surface area contributed by atoms with Gasteiger partial charge >= 0.3 is 6.18 Å². The lowest BCUT2D eigenvalue weighted by molar-refractivity contribution is -0.144. The first kappa shape index (κ1) is 13.3. The van der Waals surface area contributed by atoms with Crippen molar-refractivity contribution in [2.45, 2.75) is 6.18 Å². The predicted octanol–water partition coefficient (Wildman–Crippen LogP) is 2.82. The Kier molecular flexibility index (Phi) is 3.00. The Morgan fingerprint density at radius 3 is 2.43 bits per heavy atom. The van der Waals surface area contributed by atoms with Crippen LogP contribution < -0.4 is 4.74 Å². The molecule has 0 fully saturated rings. The molecular formula is C13H9F3N4O. The molecule has 3 aromatic rings. The lowest BCUT2D eigenvalue weighted by Crippen LogP contribution is -2.07. The van der Waals surface area contributed by atoms with Crippen molar-refractivity contribution >= 4 is 5.78 Å². The molecule has 21 heavy (non-hydrogen) atoms. The molecule has 0 N–H and O–H groups in total. The molecule has 0 radical (unpaired) electrons. The molecule has 5 nitrogen and oxygen atoms in total. The minimum absolute atomic E-state index is 0.101. The fourth-order valence-corrected chi connectivity index (χ4v) is 1.89. The highest BCUT2D eigenvalue weighted by Gasteiger charge is 2.36. The van der Waals surface area contributed by atoms with E-state index < -0.39 is 12.0 Å². The van der Waals surface area contributed by atoms with Crippen LogP contribution in [0.2, 0.25) is 0 Å². The maximum Gasteiger partial charge on any atom is 0.453 e. The highest BCUT2D eigenvalue weighted by atomic mass is 19.4. The number of methoxy groups -OCH3 is 1. The van der Waals surface area contributed by atoms with Gasteiger partial charge in [0.25, 0.3) is 11.6 Å². The average molecular weight is 294 g/mol. The first-order valence-corrected chi connectivity index (χ1v) is 5.92. The van der Waals surface area contributed by atoms with Crippen molar-refractivity contribution in [1.82, 2.24) is 19.6 Å². The van der Waals surface area contributed by atoms with E-state index in [9.17, 15) is 13.2 Å². The van der Waals surface area contributed by atoms with E-state index in [4.69, 9.17) is 4.74 Å². The summed E-state index contributed by atoms with van der Waals surface area (Å²) in [6.07, 6.45) is -3.21. The van der Waals surface area contributed by atoms with Crippen LogP contribution in [0.5, 0.6) is 5.75 Å². The SMILES string of the molecule is COc1ccc(-c2ccnc3nc(C(F)(F)F)nn23)cc1. The van der Waals surface area contributed by atoms with Crippen LogP contribution >= 0.6 is 0 Å². The summed E-state index contributed by atoms with van der Waals surface area (Å²) in [5, 5.41) is 3.49. The number of halogens is 3. The first-order chi connectivity index (χ1) is 9.99. The summed E-state index contributed by atoms with van der Waals surface area (Å²) < 4.78 is 44.1. The van der Waals surface area contributed by atoms with Gasteiger partial charge in [0, 0.05) is 11.8 Å². The Balaban J connectivity index is 2.15. The normalized spacial score (nSPS) is 11.8. The molecule has 3 rings (SSSR count). The van der Waals surface area contributed by atoms with Crippen LogP contribution in [-0.4, -0.2) is 26.7 Å². The van der Waals surface area contributed by atoms with Crippen molar-refractivity contribution in [3.8, 4) is 17.0 Å². The largest absolute Gasteiger partial charge is 0.497 e. The molecule has 2 aromatic heterocycles. The van der Waals surface area contributed by atoms with Crippen LogP contribution in [0.15, 0.2) is 36.5 Å². The van der Waals surface area contributed by atoms with Crippen molar-refractivity contribution in [2.75, 3.05) is 7.11 Å². The van der Waals surface area contributed by atoms with Gasteiger partial charge in [0.2, 0.25) is 0 Å². The van der Waals surface area contributed by atoms with Crippen molar-refractivity contribution < 1.29 is 17.9 Å². The topological polar surface area (TPSA) is 52.3 Å². The Morgan fingerprint density at radius 1 is 1.10 bits per heavy atom. The number of aromatic nitrogens is 4. The fraction of sp³-hybridized carbons (Fsp3) is 0.154. The molecule has 108 valence electrons. The van der Waals surface area contributed by atoms with Crippen molar-refractivity contribution in [3.05, 3.63) is 42.4 Å². The second kappa shape index (κ2) is 4.72. The summed E-state index contributed by atoms with van der Waals surface area (Å²) in [6.45, 7) is 0. The van der Waals surface area contributed by atoms with Crippen molar-refractivity contribution in [3.63, 3.8) is 0 Å². The highest BCUT2D eigenvalue weighted by Crippen LogP contribution is 2.28. The van der Waals surface area contributed by atoms with Crippen molar-refractivity contribution in [2.24, 2.45) is 0 Å². The molecule has 0 aliphatic rings. The molecule has 0 unspecified atom stereocenters. The van der Waals surface area contributed by atoms with Crippen LogP contribution in [0.4, 0.5) is 13.2 Å². The zero-order chi connectivity index (χ0) is 15.0. The summed E-state index contributed by atoms with van der Waals surface area (Å²) in [7, 11) is 1.53. The van der Waals surface area contributed by atoms with Gasteiger partial charge in [-0.1, -0.05) is 0 Å². The van der Waals surface area contributed by atoms with Gasteiger partial charge in [0.15, 0.2) is 0 Å². The van der Waals surface area contributed by atoms with Gasteiger partial charge in [-0.05, 0) is 30.3 Å². The van der Waals surface area contributed by atoms with Crippen LogP contribution in [-0.2, 0) is 6.18 Å². The van der Waals surface area contributed by atoms with Gasteiger partial charge in [0.05, 0.1) is 12.8 Å². The number of rotatable bonds is 2. The van der Waals surface area contributed by atoms with E-state index in [0.717, 1.165) is 4.52 Å². The zero-order valence-electron chi connectivity index (χ0n) is 10.8. The van der Waals surface area contributed by atoms with Gasteiger partial charge in [-0.15, -0.1) is 5.10 Å². The fourth-order valence-electron chi connectivity index (χ4n) is 1.89. The van der Waals surface area contributed by atoms with Crippen LogP contribution in [0.25, 0.3) is 17.0 Å². The molecule has 2 heterocycles. The van der Waals surface area contributed by atoms with Crippen LogP contribution in [0, 0.1) is 0 Å². The second-order valence-electron chi connectivity index (χ2n) is 4.20. The number of nitrogens with zero attached hydrogens (tertiary/aromatic N) is 4. The minimum atomic E-state index is -4.61. The van der Waals surface area contributed by atoms with Crippen LogP contribution in [0.1, 0.15) is 5.82 Å². The van der Waals surface area contributed by atoms with Gasteiger partial charge in [0.1, 0.15) is 5.75 Å². The third-order valence-electron chi connectivity index (χ3n) is 2.88. The lowest BCUT2D eigenvalue weighted by Gasteiger charge is -2.05. The molecule has 0 bridgehead atoms. The number of benzene rings is 1. The monoisotopic (exact) mass is 294 g/mol. The minimum Gasteiger partial charge on any atom is -0.497 e. The van der Waals surface area contributed by atoms with E-state index in [2.05, 4.69) is 15.1 Å². The van der Waals surface area contributed by atoms with E-state index >= 15 is 0 Å². The summed E-state index contributed by atoms with van der Waals surface area (Å²) in [5.41, 5.74) is 1.15. The third kappa shape index (κ3) is 2.39. The number of hydrogen-bond acceptors (Lipinski definition) is 4. The highest BCUT2D eigenvalue weighted by molar-refractivity contribution is 5.62. The number of alkyl halides is 3. The van der Waals surface area contributed by atoms with E-state index in [-0.39, 0.29) is 5.78 Å². The molecule has 1 aromatic carbocycles. The Bertz CT molecular complexity index is 780. The van der Waals surface area contributed by atoms with E-state index in [1.165, 1.54) is 13.3 Å². The van der Waals surface area contributed by atoms with E-state index in [1.807, 2.05) is 0 Å². The lowest BCUT2D eigenvalue weighted by atomic mass is 10.1. The summed E-state index contributed by atoms with van der Waals surface area (Å²) in [6, 6.07) is 8.45. The van der Waals surface area contributed by atoms with Gasteiger partial charge in [-0.3, -0.25) is 0 Å². The second-order valence-corrected chi connectivity index (χ2v) is 4.20. The maximum absolute atomic E-state index is 12.7. The third-order valence-corrected chi connectivity index (χ3v) is 2.88.